The molecule has 7 heteroatoms. The Bertz CT molecular complexity index is 941. The Morgan fingerprint density at radius 3 is 2.46 bits per heavy atom. The number of rotatable bonds is 5. The third-order valence-electron chi connectivity index (χ3n) is 5.13. The first-order chi connectivity index (χ1) is 13.3. The number of methoxy groups -OCH3 is 1. The maximum atomic E-state index is 13.0. The van der Waals surface area contributed by atoms with Gasteiger partial charge < -0.3 is 9.64 Å². The molecule has 1 heterocycles. The Morgan fingerprint density at radius 1 is 1.14 bits per heavy atom. The van der Waals surface area contributed by atoms with Gasteiger partial charge in [0.1, 0.15) is 5.75 Å². The van der Waals surface area contributed by atoms with E-state index >= 15 is 0 Å². The lowest BCUT2D eigenvalue weighted by Crippen LogP contribution is -2.39. The average Bonchev–Trinajstić information content (AvgIpc) is 2.72. The molecule has 0 saturated carbocycles. The summed E-state index contributed by atoms with van der Waals surface area (Å²) in [4.78, 5) is 14.7. The Labute approximate surface area is 166 Å². The standard InChI is InChI=1S/C21H26N2O4S/c1-16-7-6-14-23(15-16)21(24)17-10-12-18(13-11-17)28(25,26)22(2)19-8-4-5-9-20(19)27-3/h4-5,8-13,16H,6-7,14-15H2,1-3H3/t16-/m0/s1. The molecule has 0 spiro atoms. The molecule has 0 aliphatic carbocycles. The van der Waals surface area contributed by atoms with Gasteiger partial charge in [0.05, 0.1) is 17.7 Å². The summed E-state index contributed by atoms with van der Waals surface area (Å²) in [6.07, 6.45) is 2.14. The molecule has 2 aromatic carbocycles. The lowest BCUT2D eigenvalue weighted by atomic mass is 9.99. The quantitative estimate of drug-likeness (QED) is 0.769. The van der Waals surface area contributed by atoms with Crippen molar-refractivity contribution in [3.05, 3.63) is 54.1 Å². The molecule has 150 valence electrons. The van der Waals surface area contributed by atoms with Crippen LogP contribution in [0.4, 0.5) is 5.69 Å². The molecular formula is C21H26N2O4S. The zero-order chi connectivity index (χ0) is 20.3. The van der Waals surface area contributed by atoms with Gasteiger partial charge in [-0.25, -0.2) is 8.42 Å². The van der Waals surface area contributed by atoms with Gasteiger partial charge in [0, 0.05) is 25.7 Å². The van der Waals surface area contributed by atoms with Gasteiger partial charge in [0.2, 0.25) is 0 Å². The lowest BCUT2D eigenvalue weighted by Gasteiger charge is -2.31. The molecule has 1 aliphatic heterocycles. The van der Waals surface area contributed by atoms with E-state index in [0.717, 1.165) is 25.9 Å². The number of ether oxygens (including phenoxy) is 1. The summed E-state index contributed by atoms with van der Waals surface area (Å²) < 4.78 is 32.5. The molecule has 0 unspecified atom stereocenters. The van der Waals surface area contributed by atoms with E-state index in [1.807, 2.05) is 4.90 Å². The van der Waals surface area contributed by atoms with Gasteiger partial charge in [0.15, 0.2) is 0 Å². The Kier molecular flexibility index (Phi) is 5.93. The fourth-order valence-electron chi connectivity index (χ4n) is 3.50. The van der Waals surface area contributed by atoms with Gasteiger partial charge in [0.25, 0.3) is 15.9 Å². The molecule has 1 aliphatic rings. The minimum atomic E-state index is -3.77. The van der Waals surface area contributed by atoms with Crippen LogP contribution < -0.4 is 9.04 Å². The monoisotopic (exact) mass is 402 g/mol. The van der Waals surface area contributed by atoms with E-state index in [9.17, 15) is 13.2 Å². The van der Waals surface area contributed by atoms with E-state index in [-0.39, 0.29) is 10.8 Å². The van der Waals surface area contributed by atoms with E-state index in [4.69, 9.17) is 4.74 Å². The van der Waals surface area contributed by atoms with Gasteiger partial charge in [-0.05, 0) is 55.2 Å². The zero-order valence-electron chi connectivity index (χ0n) is 16.5. The Hall–Kier alpha value is -2.54. The van der Waals surface area contributed by atoms with E-state index in [1.54, 1.807) is 36.4 Å². The van der Waals surface area contributed by atoms with Gasteiger partial charge in [-0.2, -0.15) is 0 Å². The average molecular weight is 403 g/mol. The molecule has 1 atom stereocenters. The molecule has 0 radical (unpaired) electrons. The largest absolute Gasteiger partial charge is 0.495 e. The maximum Gasteiger partial charge on any atom is 0.264 e. The molecule has 1 fully saturated rings. The van der Waals surface area contributed by atoms with Crippen molar-refractivity contribution >= 4 is 21.6 Å². The molecule has 1 amide bonds. The highest BCUT2D eigenvalue weighted by Crippen LogP contribution is 2.31. The van der Waals surface area contributed by atoms with Crippen molar-refractivity contribution in [2.45, 2.75) is 24.7 Å². The number of hydrogen-bond acceptors (Lipinski definition) is 4. The van der Waals surface area contributed by atoms with Crippen LogP contribution in [0.1, 0.15) is 30.1 Å². The molecule has 2 aromatic rings. The molecule has 3 rings (SSSR count). The lowest BCUT2D eigenvalue weighted by molar-refractivity contribution is 0.0683. The number of hydrogen-bond donors (Lipinski definition) is 0. The van der Waals surface area contributed by atoms with Crippen LogP contribution in [0.25, 0.3) is 0 Å². The van der Waals surface area contributed by atoms with E-state index in [0.29, 0.717) is 22.9 Å². The third kappa shape index (κ3) is 3.99. The normalized spacial score (nSPS) is 17.2. The SMILES string of the molecule is COc1ccccc1N(C)S(=O)(=O)c1ccc(C(=O)N2CCC[C@H](C)C2)cc1. The van der Waals surface area contributed by atoms with Crippen LogP contribution >= 0.6 is 0 Å². The van der Waals surface area contributed by atoms with Crippen LogP contribution in [0.5, 0.6) is 5.75 Å². The number of likely N-dealkylation sites (tertiary alicyclic amines) is 1. The number of piperidine rings is 1. The Balaban J connectivity index is 1.82. The number of amides is 1. The topological polar surface area (TPSA) is 66.9 Å². The third-order valence-corrected chi connectivity index (χ3v) is 6.91. The molecule has 6 nitrogen and oxygen atoms in total. The number of carbonyl (C=O) groups is 1. The highest BCUT2D eigenvalue weighted by atomic mass is 32.2. The second-order valence-electron chi connectivity index (χ2n) is 7.17. The number of anilines is 1. The van der Waals surface area contributed by atoms with Crippen LogP contribution in [0.15, 0.2) is 53.4 Å². The fraction of sp³-hybridized carbons (Fsp3) is 0.381. The summed E-state index contributed by atoms with van der Waals surface area (Å²) in [5.74, 6) is 0.917. The first-order valence-electron chi connectivity index (χ1n) is 9.36. The van der Waals surface area contributed by atoms with E-state index in [2.05, 4.69) is 6.92 Å². The van der Waals surface area contributed by atoms with Crippen LogP contribution in [0.3, 0.4) is 0 Å². The first kappa shape index (κ1) is 20.2. The van der Waals surface area contributed by atoms with Crippen LogP contribution in [-0.4, -0.2) is 46.5 Å². The highest BCUT2D eigenvalue weighted by molar-refractivity contribution is 7.92. The number of carbonyl (C=O) groups excluding carboxylic acids is 1. The molecule has 0 bridgehead atoms. The number of para-hydroxylation sites is 2. The van der Waals surface area contributed by atoms with Gasteiger partial charge >= 0.3 is 0 Å². The minimum absolute atomic E-state index is 0.0476. The van der Waals surface area contributed by atoms with Crippen LogP contribution in [-0.2, 0) is 10.0 Å². The summed E-state index contributed by atoms with van der Waals surface area (Å²) in [5.41, 5.74) is 0.959. The molecular weight excluding hydrogens is 376 g/mol. The Morgan fingerprint density at radius 2 is 1.82 bits per heavy atom. The fourth-order valence-corrected chi connectivity index (χ4v) is 4.71. The van der Waals surface area contributed by atoms with Crippen molar-refractivity contribution in [1.82, 2.24) is 4.90 Å². The van der Waals surface area contributed by atoms with Crippen molar-refractivity contribution in [3.63, 3.8) is 0 Å². The maximum absolute atomic E-state index is 13.0. The van der Waals surface area contributed by atoms with Crippen molar-refractivity contribution in [2.75, 3.05) is 31.6 Å². The number of nitrogens with zero attached hydrogens (tertiary/aromatic N) is 2. The first-order valence-corrected chi connectivity index (χ1v) is 10.8. The van der Waals surface area contributed by atoms with Crippen LogP contribution in [0, 0.1) is 5.92 Å². The van der Waals surface area contributed by atoms with E-state index in [1.165, 1.54) is 30.6 Å². The van der Waals surface area contributed by atoms with E-state index < -0.39 is 10.0 Å². The van der Waals surface area contributed by atoms with Gasteiger partial charge in [-0.1, -0.05) is 19.1 Å². The molecule has 0 N–H and O–H groups in total. The van der Waals surface area contributed by atoms with Crippen molar-refractivity contribution in [1.29, 1.82) is 0 Å². The minimum Gasteiger partial charge on any atom is -0.495 e. The summed E-state index contributed by atoms with van der Waals surface area (Å²) in [6, 6.07) is 13.1. The number of benzene rings is 2. The van der Waals surface area contributed by atoms with Crippen LogP contribution in [0.2, 0.25) is 0 Å². The predicted octanol–water partition coefficient (Wildman–Crippen LogP) is 3.39. The van der Waals surface area contributed by atoms with Gasteiger partial charge in [-0.15, -0.1) is 0 Å². The van der Waals surface area contributed by atoms with Crippen molar-refractivity contribution in [3.8, 4) is 5.75 Å². The van der Waals surface area contributed by atoms with Crippen molar-refractivity contribution < 1.29 is 17.9 Å². The summed E-state index contributed by atoms with van der Waals surface area (Å²) in [7, 11) is -0.784. The highest BCUT2D eigenvalue weighted by Gasteiger charge is 2.25. The predicted molar refractivity (Wildman–Crippen MR) is 109 cm³/mol. The van der Waals surface area contributed by atoms with Crippen molar-refractivity contribution in [2.24, 2.45) is 5.92 Å². The zero-order valence-corrected chi connectivity index (χ0v) is 17.3. The van der Waals surface area contributed by atoms with Gasteiger partial charge in [-0.3, -0.25) is 9.10 Å². The molecule has 28 heavy (non-hydrogen) atoms. The molecule has 1 saturated heterocycles. The summed E-state index contributed by atoms with van der Waals surface area (Å²) in [5, 5.41) is 0. The summed E-state index contributed by atoms with van der Waals surface area (Å²) in [6.45, 7) is 3.64. The number of sulfonamides is 1. The smallest absolute Gasteiger partial charge is 0.264 e. The second-order valence-corrected chi connectivity index (χ2v) is 9.14. The summed E-state index contributed by atoms with van der Waals surface area (Å²) >= 11 is 0. The second kappa shape index (κ2) is 8.22. The molecule has 0 aromatic heterocycles.